The highest BCUT2D eigenvalue weighted by molar-refractivity contribution is 6.05. The van der Waals surface area contributed by atoms with Crippen molar-refractivity contribution in [1.82, 2.24) is 0 Å². The second-order valence-electron chi connectivity index (χ2n) is 5.35. The lowest BCUT2D eigenvalue weighted by Crippen LogP contribution is -2.14. The SMILES string of the molecule is COC(=O)COc1ccc(NC(=O)c2cc(C)cc(O)c2)c(C)c1. The van der Waals surface area contributed by atoms with Crippen LogP contribution in [0.15, 0.2) is 36.4 Å². The first-order valence-electron chi connectivity index (χ1n) is 7.31. The monoisotopic (exact) mass is 329 g/mol. The Morgan fingerprint density at radius 3 is 2.50 bits per heavy atom. The molecule has 0 atom stereocenters. The zero-order chi connectivity index (χ0) is 17.7. The summed E-state index contributed by atoms with van der Waals surface area (Å²) in [5, 5.41) is 12.4. The predicted octanol–water partition coefficient (Wildman–Crippen LogP) is 2.81. The number of hydrogen-bond acceptors (Lipinski definition) is 5. The molecule has 0 aliphatic rings. The summed E-state index contributed by atoms with van der Waals surface area (Å²) in [6.07, 6.45) is 0. The van der Waals surface area contributed by atoms with Crippen LogP contribution in [0.3, 0.4) is 0 Å². The molecule has 0 unspecified atom stereocenters. The number of aryl methyl sites for hydroxylation is 2. The zero-order valence-electron chi connectivity index (χ0n) is 13.8. The van der Waals surface area contributed by atoms with E-state index in [0.717, 1.165) is 11.1 Å². The highest BCUT2D eigenvalue weighted by atomic mass is 16.6. The summed E-state index contributed by atoms with van der Waals surface area (Å²) in [5.74, 6) is -0.239. The molecule has 0 aromatic heterocycles. The quantitative estimate of drug-likeness (QED) is 0.824. The molecular formula is C18H19NO5. The number of hydrogen-bond donors (Lipinski definition) is 2. The normalized spacial score (nSPS) is 10.1. The molecule has 0 fully saturated rings. The number of carbonyl (C=O) groups excluding carboxylic acids is 2. The number of methoxy groups -OCH3 is 1. The molecule has 0 saturated heterocycles. The van der Waals surface area contributed by atoms with E-state index in [1.807, 2.05) is 6.92 Å². The lowest BCUT2D eigenvalue weighted by atomic mass is 10.1. The van der Waals surface area contributed by atoms with Crippen LogP contribution in [0, 0.1) is 13.8 Å². The van der Waals surface area contributed by atoms with E-state index in [0.29, 0.717) is 17.0 Å². The standard InChI is InChI=1S/C18H19NO5/c1-11-6-13(9-14(20)7-11)18(22)19-16-5-4-15(8-12(16)2)24-10-17(21)23-3/h4-9,20H,10H2,1-3H3,(H,19,22). The van der Waals surface area contributed by atoms with Crippen molar-refractivity contribution < 1.29 is 24.2 Å². The largest absolute Gasteiger partial charge is 0.508 e. The van der Waals surface area contributed by atoms with Crippen LogP contribution in [0.25, 0.3) is 0 Å². The average molecular weight is 329 g/mol. The van der Waals surface area contributed by atoms with Gasteiger partial charge in [0.2, 0.25) is 0 Å². The summed E-state index contributed by atoms with van der Waals surface area (Å²) >= 11 is 0. The maximum Gasteiger partial charge on any atom is 0.343 e. The number of carbonyl (C=O) groups is 2. The smallest absolute Gasteiger partial charge is 0.343 e. The Labute approximate surface area is 140 Å². The van der Waals surface area contributed by atoms with Crippen LogP contribution in [0.4, 0.5) is 5.69 Å². The summed E-state index contributed by atoms with van der Waals surface area (Å²) in [7, 11) is 1.29. The zero-order valence-corrected chi connectivity index (χ0v) is 13.8. The number of anilines is 1. The third-order valence-corrected chi connectivity index (χ3v) is 3.35. The molecule has 0 heterocycles. The highest BCUT2D eigenvalue weighted by Crippen LogP contribution is 2.23. The van der Waals surface area contributed by atoms with Crippen molar-refractivity contribution in [2.45, 2.75) is 13.8 Å². The number of rotatable bonds is 5. The number of aromatic hydroxyl groups is 1. The number of amides is 1. The maximum atomic E-state index is 12.3. The van der Waals surface area contributed by atoms with Gasteiger partial charge in [0.15, 0.2) is 6.61 Å². The van der Waals surface area contributed by atoms with Crippen LogP contribution in [0.5, 0.6) is 11.5 Å². The number of phenols is 1. The third kappa shape index (κ3) is 4.49. The van der Waals surface area contributed by atoms with Gasteiger partial charge in [-0.1, -0.05) is 0 Å². The first kappa shape index (κ1) is 17.3. The molecule has 0 aliphatic carbocycles. The van der Waals surface area contributed by atoms with Gasteiger partial charge in [0, 0.05) is 11.3 Å². The molecule has 24 heavy (non-hydrogen) atoms. The molecule has 2 rings (SSSR count). The number of benzene rings is 2. The molecule has 0 spiro atoms. The van der Waals surface area contributed by atoms with E-state index in [1.54, 1.807) is 37.3 Å². The fourth-order valence-corrected chi connectivity index (χ4v) is 2.16. The Morgan fingerprint density at radius 1 is 1.12 bits per heavy atom. The maximum absolute atomic E-state index is 12.3. The van der Waals surface area contributed by atoms with Gasteiger partial charge in [0.25, 0.3) is 5.91 Å². The molecule has 2 N–H and O–H groups in total. The van der Waals surface area contributed by atoms with Crippen molar-refractivity contribution in [3.8, 4) is 11.5 Å². The Balaban J connectivity index is 2.09. The van der Waals surface area contributed by atoms with Crippen molar-refractivity contribution in [2.75, 3.05) is 19.0 Å². The first-order valence-corrected chi connectivity index (χ1v) is 7.31. The van der Waals surface area contributed by atoms with E-state index in [9.17, 15) is 14.7 Å². The third-order valence-electron chi connectivity index (χ3n) is 3.35. The molecule has 6 nitrogen and oxygen atoms in total. The fourth-order valence-electron chi connectivity index (χ4n) is 2.16. The first-order chi connectivity index (χ1) is 11.4. The molecule has 2 aromatic rings. The van der Waals surface area contributed by atoms with Crippen LogP contribution in [0.1, 0.15) is 21.5 Å². The molecular weight excluding hydrogens is 310 g/mol. The summed E-state index contributed by atoms with van der Waals surface area (Å²) < 4.78 is 9.80. The Hall–Kier alpha value is -3.02. The van der Waals surface area contributed by atoms with Crippen LogP contribution < -0.4 is 10.1 Å². The van der Waals surface area contributed by atoms with Crippen molar-refractivity contribution >= 4 is 17.6 Å². The second-order valence-corrected chi connectivity index (χ2v) is 5.35. The fraction of sp³-hybridized carbons (Fsp3) is 0.222. The summed E-state index contributed by atoms with van der Waals surface area (Å²) in [6, 6.07) is 9.74. The van der Waals surface area contributed by atoms with Crippen LogP contribution >= 0.6 is 0 Å². The molecule has 126 valence electrons. The summed E-state index contributed by atoms with van der Waals surface area (Å²) in [4.78, 5) is 23.4. The van der Waals surface area contributed by atoms with Gasteiger partial charge in [-0.25, -0.2) is 4.79 Å². The number of esters is 1. The highest BCUT2D eigenvalue weighted by Gasteiger charge is 2.10. The number of nitrogens with one attached hydrogen (secondary N) is 1. The molecule has 6 heteroatoms. The summed E-state index contributed by atoms with van der Waals surface area (Å²) in [6.45, 7) is 3.44. The van der Waals surface area contributed by atoms with Gasteiger partial charge in [-0.2, -0.15) is 0 Å². The Morgan fingerprint density at radius 2 is 1.88 bits per heavy atom. The van der Waals surface area contributed by atoms with Crippen molar-refractivity contribution in [2.24, 2.45) is 0 Å². The Kier molecular flexibility index (Phi) is 5.42. The lowest BCUT2D eigenvalue weighted by Gasteiger charge is -2.11. The topological polar surface area (TPSA) is 84.9 Å². The van der Waals surface area contributed by atoms with E-state index in [2.05, 4.69) is 10.1 Å². The number of ether oxygens (including phenoxy) is 2. The van der Waals surface area contributed by atoms with Crippen molar-refractivity contribution in [3.05, 3.63) is 53.1 Å². The molecule has 0 saturated carbocycles. The molecule has 0 radical (unpaired) electrons. The van der Waals surface area contributed by atoms with Gasteiger partial charge in [0.05, 0.1) is 7.11 Å². The molecule has 0 aliphatic heterocycles. The van der Waals surface area contributed by atoms with E-state index in [1.165, 1.54) is 13.2 Å². The minimum absolute atomic E-state index is 0.0448. The second kappa shape index (κ2) is 7.50. The van der Waals surface area contributed by atoms with E-state index >= 15 is 0 Å². The van der Waals surface area contributed by atoms with E-state index in [-0.39, 0.29) is 18.3 Å². The van der Waals surface area contributed by atoms with E-state index < -0.39 is 5.97 Å². The van der Waals surface area contributed by atoms with Crippen molar-refractivity contribution in [3.63, 3.8) is 0 Å². The summed E-state index contributed by atoms with van der Waals surface area (Å²) in [5.41, 5.74) is 2.57. The van der Waals surface area contributed by atoms with Gasteiger partial charge >= 0.3 is 5.97 Å². The lowest BCUT2D eigenvalue weighted by molar-refractivity contribution is -0.142. The van der Waals surface area contributed by atoms with Gasteiger partial charge in [-0.05, 0) is 61.4 Å². The van der Waals surface area contributed by atoms with Gasteiger partial charge in [-0.3, -0.25) is 4.79 Å². The van der Waals surface area contributed by atoms with Crippen molar-refractivity contribution in [1.29, 1.82) is 0 Å². The Bertz CT molecular complexity index is 750. The van der Waals surface area contributed by atoms with Crippen LogP contribution in [0.2, 0.25) is 0 Å². The van der Waals surface area contributed by atoms with Gasteiger partial charge in [0.1, 0.15) is 11.5 Å². The average Bonchev–Trinajstić information content (AvgIpc) is 2.53. The minimum Gasteiger partial charge on any atom is -0.508 e. The van der Waals surface area contributed by atoms with Crippen LogP contribution in [-0.2, 0) is 9.53 Å². The van der Waals surface area contributed by atoms with Gasteiger partial charge in [-0.15, -0.1) is 0 Å². The van der Waals surface area contributed by atoms with Gasteiger partial charge < -0.3 is 19.9 Å². The predicted molar refractivity (Wildman–Crippen MR) is 89.5 cm³/mol. The molecule has 0 bridgehead atoms. The van der Waals surface area contributed by atoms with E-state index in [4.69, 9.17) is 4.74 Å². The minimum atomic E-state index is -0.468. The van der Waals surface area contributed by atoms with Crippen LogP contribution in [-0.4, -0.2) is 30.7 Å². The number of phenolic OH excluding ortho intramolecular Hbond substituents is 1. The molecule has 2 aromatic carbocycles. The molecule has 1 amide bonds.